The van der Waals surface area contributed by atoms with E-state index < -0.39 is 0 Å². The Morgan fingerprint density at radius 3 is 2.64 bits per heavy atom. The molecule has 0 fully saturated rings. The molecule has 8 nitrogen and oxygen atoms in total. The number of anilines is 1. The molecule has 0 saturated heterocycles. The zero-order valence-electron chi connectivity index (χ0n) is 16.5. The van der Waals surface area contributed by atoms with Crippen molar-refractivity contribution in [3.63, 3.8) is 0 Å². The predicted octanol–water partition coefficient (Wildman–Crippen LogP) is 2.39. The maximum atomic E-state index is 12.9. The van der Waals surface area contributed by atoms with Crippen molar-refractivity contribution in [1.82, 2.24) is 14.8 Å². The summed E-state index contributed by atoms with van der Waals surface area (Å²) in [6.07, 6.45) is 3.88. The number of nitrogens with zero attached hydrogens (tertiary/aromatic N) is 3. The Morgan fingerprint density at radius 1 is 1.18 bits per heavy atom. The number of methoxy groups -OCH3 is 2. The third-order valence-corrected chi connectivity index (χ3v) is 4.69. The SMILES string of the molecule is COc1ccc(NC(=O)c2cncc3c2CCN(C(=O)N(C)C)C3)c(OC)c1. The van der Waals surface area contributed by atoms with Gasteiger partial charge in [0.25, 0.3) is 5.91 Å². The molecule has 0 spiro atoms. The number of carbonyl (C=O) groups excluding carboxylic acids is 2. The van der Waals surface area contributed by atoms with Gasteiger partial charge in [-0.15, -0.1) is 0 Å². The zero-order chi connectivity index (χ0) is 20.3. The van der Waals surface area contributed by atoms with E-state index in [4.69, 9.17) is 9.47 Å². The Morgan fingerprint density at radius 2 is 1.96 bits per heavy atom. The van der Waals surface area contributed by atoms with E-state index in [0.717, 1.165) is 11.1 Å². The van der Waals surface area contributed by atoms with Gasteiger partial charge in [0.2, 0.25) is 0 Å². The standard InChI is InChI=1S/C20H24N4O4/c1-23(2)20(26)24-8-7-15-13(12-24)10-21-11-16(15)19(25)22-17-6-5-14(27-3)9-18(17)28-4/h5-6,9-11H,7-8,12H2,1-4H3,(H,22,25). The van der Waals surface area contributed by atoms with Gasteiger partial charge in [0.1, 0.15) is 11.5 Å². The average Bonchev–Trinajstić information content (AvgIpc) is 2.72. The number of hydrogen-bond acceptors (Lipinski definition) is 5. The van der Waals surface area contributed by atoms with Crippen molar-refractivity contribution >= 4 is 17.6 Å². The summed E-state index contributed by atoms with van der Waals surface area (Å²) in [6, 6.07) is 5.14. The van der Waals surface area contributed by atoms with Crippen molar-refractivity contribution in [3.05, 3.63) is 47.3 Å². The second-order valence-electron chi connectivity index (χ2n) is 6.69. The first-order valence-corrected chi connectivity index (χ1v) is 8.90. The van der Waals surface area contributed by atoms with E-state index in [2.05, 4.69) is 10.3 Å². The van der Waals surface area contributed by atoms with Crippen LogP contribution < -0.4 is 14.8 Å². The van der Waals surface area contributed by atoms with E-state index in [1.165, 1.54) is 7.11 Å². The molecular formula is C20H24N4O4. The van der Waals surface area contributed by atoms with Crippen LogP contribution in [-0.2, 0) is 13.0 Å². The molecule has 148 valence electrons. The molecule has 2 heterocycles. The smallest absolute Gasteiger partial charge is 0.319 e. The summed E-state index contributed by atoms with van der Waals surface area (Å²) in [6.45, 7) is 0.993. The third kappa shape index (κ3) is 3.85. The lowest BCUT2D eigenvalue weighted by molar-refractivity contribution is 0.102. The van der Waals surface area contributed by atoms with Gasteiger partial charge in [0.15, 0.2) is 0 Å². The number of amides is 3. The van der Waals surface area contributed by atoms with E-state index in [-0.39, 0.29) is 11.9 Å². The molecule has 1 aliphatic rings. The van der Waals surface area contributed by atoms with Gasteiger partial charge in [0.05, 0.1) is 25.5 Å². The molecular weight excluding hydrogens is 360 g/mol. The van der Waals surface area contributed by atoms with Crippen LogP contribution in [0.15, 0.2) is 30.6 Å². The van der Waals surface area contributed by atoms with E-state index in [0.29, 0.717) is 42.3 Å². The number of hydrogen-bond donors (Lipinski definition) is 1. The van der Waals surface area contributed by atoms with Crippen LogP contribution >= 0.6 is 0 Å². The molecule has 3 rings (SSSR count). The van der Waals surface area contributed by atoms with Crippen molar-refractivity contribution in [2.75, 3.05) is 40.2 Å². The zero-order valence-corrected chi connectivity index (χ0v) is 16.5. The summed E-state index contributed by atoms with van der Waals surface area (Å²) >= 11 is 0. The number of urea groups is 1. The molecule has 0 bridgehead atoms. The fourth-order valence-electron chi connectivity index (χ4n) is 3.23. The molecule has 0 saturated carbocycles. The second-order valence-corrected chi connectivity index (χ2v) is 6.69. The predicted molar refractivity (Wildman–Crippen MR) is 105 cm³/mol. The van der Waals surface area contributed by atoms with Gasteiger partial charge in [-0.05, 0) is 29.7 Å². The van der Waals surface area contributed by atoms with E-state index >= 15 is 0 Å². The number of rotatable bonds is 4. The molecule has 0 aliphatic carbocycles. The highest BCUT2D eigenvalue weighted by Crippen LogP contribution is 2.30. The van der Waals surface area contributed by atoms with E-state index in [1.54, 1.807) is 61.6 Å². The topological polar surface area (TPSA) is 84.0 Å². The molecule has 0 atom stereocenters. The third-order valence-electron chi connectivity index (χ3n) is 4.69. The summed E-state index contributed by atoms with van der Waals surface area (Å²) in [5.41, 5.74) is 2.86. The molecule has 1 aliphatic heterocycles. The maximum Gasteiger partial charge on any atom is 0.319 e. The Balaban J connectivity index is 1.83. The molecule has 3 amide bonds. The van der Waals surface area contributed by atoms with Crippen LogP contribution in [0, 0.1) is 0 Å². The average molecular weight is 384 g/mol. The quantitative estimate of drug-likeness (QED) is 0.875. The Labute approximate surface area is 164 Å². The minimum absolute atomic E-state index is 0.0523. The number of fused-ring (bicyclic) bond motifs is 1. The van der Waals surface area contributed by atoms with Crippen molar-refractivity contribution in [2.24, 2.45) is 0 Å². The maximum absolute atomic E-state index is 12.9. The van der Waals surface area contributed by atoms with Gasteiger partial charge >= 0.3 is 6.03 Å². The minimum atomic E-state index is -0.264. The summed E-state index contributed by atoms with van der Waals surface area (Å²) in [7, 11) is 6.55. The minimum Gasteiger partial charge on any atom is -0.497 e. The fraction of sp³-hybridized carbons (Fsp3) is 0.350. The lowest BCUT2D eigenvalue weighted by Crippen LogP contribution is -2.42. The number of carbonyl (C=O) groups is 2. The Kier molecular flexibility index (Phi) is 5.67. The van der Waals surface area contributed by atoms with Crippen molar-refractivity contribution in [2.45, 2.75) is 13.0 Å². The number of aromatic nitrogens is 1. The van der Waals surface area contributed by atoms with Crippen LogP contribution in [0.4, 0.5) is 10.5 Å². The molecule has 1 aromatic heterocycles. The normalized spacial score (nSPS) is 12.8. The molecule has 0 unspecified atom stereocenters. The largest absolute Gasteiger partial charge is 0.497 e. The van der Waals surface area contributed by atoms with E-state index in [1.807, 2.05) is 0 Å². The monoisotopic (exact) mass is 384 g/mol. The van der Waals surface area contributed by atoms with Gasteiger partial charge in [-0.25, -0.2) is 4.79 Å². The fourth-order valence-corrected chi connectivity index (χ4v) is 3.23. The first kappa shape index (κ1) is 19.5. The highest BCUT2D eigenvalue weighted by molar-refractivity contribution is 6.06. The van der Waals surface area contributed by atoms with Gasteiger partial charge in [-0.1, -0.05) is 0 Å². The van der Waals surface area contributed by atoms with Crippen LogP contribution in [0.3, 0.4) is 0 Å². The van der Waals surface area contributed by atoms with Crippen molar-refractivity contribution < 1.29 is 19.1 Å². The summed E-state index contributed by atoms with van der Waals surface area (Å²) < 4.78 is 10.5. The number of benzene rings is 1. The van der Waals surface area contributed by atoms with Crippen LogP contribution in [-0.4, -0.2) is 61.6 Å². The molecule has 28 heavy (non-hydrogen) atoms. The second kappa shape index (κ2) is 8.16. The molecule has 0 radical (unpaired) electrons. The highest BCUT2D eigenvalue weighted by Gasteiger charge is 2.26. The summed E-state index contributed by atoms with van der Waals surface area (Å²) in [4.78, 5) is 32.6. The molecule has 1 N–H and O–H groups in total. The lowest BCUT2D eigenvalue weighted by atomic mass is 9.96. The Bertz CT molecular complexity index is 898. The first-order valence-electron chi connectivity index (χ1n) is 8.90. The molecule has 8 heteroatoms. The summed E-state index contributed by atoms with van der Waals surface area (Å²) in [5.74, 6) is 0.882. The summed E-state index contributed by atoms with van der Waals surface area (Å²) in [5, 5.41) is 2.88. The van der Waals surface area contributed by atoms with Crippen LogP contribution in [0.1, 0.15) is 21.5 Å². The van der Waals surface area contributed by atoms with E-state index in [9.17, 15) is 9.59 Å². The molecule has 1 aromatic carbocycles. The van der Waals surface area contributed by atoms with Crippen molar-refractivity contribution in [3.8, 4) is 11.5 Å². The molecule has 2 aromatic rings. The first-order chi connectivity index (χ1) is 13.4. The number of pyridine rings is 1. The van der Waals surface area contributed by atoms with Gasteiger partial charge in [-0.3, -0.25) is 9.78 Å². The van der Waals surface area contributed by atoms with Crippen LogP contribution in [0.5, 0.6) is 11.5 Å². The van der Waals surface area contributed by atoms with Crippen LogP contribution in [0.25, 0.3) is 0 Å². The highest BCUT2D eigenvalue weighted by atomic mass is 16.5. The van der Waals surface area contributed by atoms with Gasteiger partial charge in [-0.2, -0.15) is 0 Å². The number of nitrogens with one attached hydrogen (secondary N) is 1. The Hall–Kier alpha value is -3.29. The lowest BCUT2D eigenvalue weighted by Gasteiger charge is -2.31. The van der Waals surface area contributed by atoms with Crippen molar-refractivity contribution in [1.29, 1.82) is 0 Å². The van der Waals surface area contributed by atoms with Gasteiger partial charge in [0, 0.05) is 45.6 Å². The van der Waals surface area contributed by atoms with Gasteiger partial charge < -0.3 is 24.6 Å². The van der Waals surface area contributed by atoms with Crippen LogP contribution in [0.2, 0.25) is 0 Å². The number of ether oxygens (including phenoxy) is 2.